The van der Waals surface area contributed by atoms with Crippen molar-refractivity contribution in [1.29, 1.82) is 5.26 Å². The number of methoxy groups -OCH3 is 1. The van der Waals surface area contributed by atoms with Crippen LogP contribution in [0, 0.1) is 18.3 Å². The summed E-state index contributed by atoms with van der Waals surface area (Å²) in [4.78, 5) is 37.4. The average Bonchev–Trinajstić information content (AvgIpc) is 3.07. The van der Waals surface area contributed by atoms with Gasteiger partial charge >= 0.3 is 11.6 Å². The van der Waals surface area contributed by atoms with Crippen molar-refractivity contribution in [3.05, 3.63) is 74.5 Å². The third-order valence-electron chi connectivity index (χ3n) is 4.74. The first-order chi connectivity index (χ1) is 14.4. The molecule has 7 nitrogen and oxygen atoms in total. The van der Waals surface area contributed by atoms with Gasteiger partial charge in [0, 0.05) is 5.39 Å². The van der Waals surface area contributed by atoms with Crippen molar-refractivity contribution in [1.82, 2.24) is 0 Å². The summed E-state index contributed by atoms with van der Waals surface area (Å²) in [7, 11) is 1.23. The smallest absolute Gasteiger partial charge is 0.349 e. The van der Waals surface area contributed by atoms with Crippen LogP contribution in [0.25, 0.3) is 21.7 Å². The predicted octanol–water partition coefficient (Wildman–Crippen LogP) is 4.23. The Morgan fingerprint density at radius 3 is 2.67 bits per heavy atom. The Hall–Kier alpha value is -3.96. The number of ether oxygens (including phenoxy) is 1. The van der Waals surface area contributed by atoms with Crippen molar-refractivity contribution in [3.63, 3.8) is 0 Å². The molecule has 0 saturated heterocycles. The second kappa shape index (κ2) is 7.46. The monoisotopic (exact) mass is 418 g/mol. The van der Waals surface area contributed by atoms with E-state index in [9.17, 15) is 19.6 Å². The fourth-order valence-corrected chi connectivity index (χ4v) is 4.29. The van der Waals surface area contributed by atoms with Crippen molar-refractivity contribution in [3.8, 4) is 6.07 Å². The van der Waals surface area contributed by atoms with Gasteiger partial charge < -0.3 is 14.5 Å². The summed E-state index contributed by atoms with van der Waals surface area (Å²) in [6.07, 6.45) is 0. The molecule has 2 heterocycles. The van der Waals surface area contributed by atoms with Gasteiger partial charge in [-0.25, -0.2) is 9.59 Å². The van der Waals surface area contributed by atoms with E-state index in [2.05, 4.69) is 5.32 Å². The molecule has 0 spiro atoms. The third kappa shape index (κ3) is 3.11. The molecular weight excluding hydrogens is 404 g/mol. The van der Waals surface area contributed by atoms with Gasteiger partial charge in [0.05, 0.1) is 12.7 Å². The maximum atomic E-state index is 12.9. The number of hydrogen-bond acceptors (Lipinski definition) is 7. The van der Waals surface area contributed by atoms with E-state index >= 15 is 0 Å². The first kappa shape index (κ1) is 19.4. The minimum Gasteiger partial charge on any atom is -0.465 e. The topological polar surface area (TPSA) is 109 Å². The molecule has 0 radical (unpaired) electrons. The minimum absolute atomic E-state index is 0.143. The second-order valence-corrected chi connectivity index (χ2v) is 7.48. The summed E-state index contributed by atoms with van der Waals surface area (Å²) in [5, 5.41) is 14.6. The SMILES string of the molecule is COC(=O)c1sc(NC(=O)c2cc3c(ccc4ccccc43)oc2=O)c(C#N)c1C. The maximum absolute atomic E-state index is 12.9. The van der Waals surface area contributed by atoms with Crippen LogP contribution in [-0.4, -0.2) is 19.0 Å². The molecule has 2 aromatic heterocycles. The first-order valence-corrected chi connectivity index (χ1v) is 9.65. The summed E-state index contributed by atoms with van der Waals surface area (Å²) in [5.41, 5.74) is -0.0813. The lowest BCUT2D eigenvalue weighted by Gasteiger charge is -2.06. The number of nitrogens with zero attached hydrogens (tertiary/aromatic N) is 1. The van der Waals surface area contributed by atoms with Crippen LogP contribution in [0.15, 0.2) is 51.7 Å². The van der Waals surface area contributed by atoms with Crippen molar-refractivity contribution in [2.75, 3.05) is 12.4 Å². The molecule has 0 aliphatic carbocycles. The molecule has 0 atom stereocenters. The second-order valence-electron chi connectivity index (χ2n) is 6.46. The maximum Gasteiger partial charge on any atom is 0.349 e. The van der Waals surface area contributed by atoms with Gasteiger partial charge in [-0.2, -0.15) is 5.26 Å². The van der Waals surface area contributed by atoms with Crippen LogP contribution in [0.5, 0.6) is 0 Å². The van der Waals surface area contributed by atoms with Crippen LogP contribution in [0.2, 0.25) is 0 Å². The average molecular weight is 418 g/mol. The molecule has 0 unspecified atom stereocenters. The van der Waals surface area contributed by atoms with E-state index in [-0.39, 0.29) is 21.0 Å². The number of nitriles is 1. The standard InChI is InChI=1S/C22H14N2O5S/c1-11-16(10-23)20(30-18(11)22(27)28-2)24-19(25)15-9-14-13-6-4-3-5-12(13)7-8-17(14)29-21(15)26/h3-9H,1-2H3,(H,24,25). The van der Waals surface area contributed by atoms with E-state index in [1.165, 1.54) is 13.2 Å². The minimum atomic E-state index is -0.796. The van der Waals surface area contributed by atoms with Crippen molar-refractivity contribution < 1.29 is 18.7 Å². The lowest BCUT2D eigenvalue weighted by atomic mass is 10.0. The molecule has 0 fully saturated rings. The number of anilines is 1. The highest BCUT2D eigenvalue weighted by atomic mass is 32.1. The van der Waals surface area contributed by atoms with Crippen molar-refractivity contribution in [2.45, 2.75) is 6.92 Å². The fraction of sp³-hybridized carbons (Fsp3) is 0.0909. The Morgan fingerprint density at radius 2 is 1.93 bits per heavy atom. The third-order valence-corrected chi connectivity index (χ3v) is 5.93. The van der Waals surface area contributed by atoms with E-state index in [0.29, 0.717) is 16.5 Å². The number of hydrogen-bond donors (Lipinski definition) is 1. The molecule has 8 heteroatoms. The predicted molar refractivity (Wildman–Crippen MR) is 113 cm³/mol. The van der Waals surface area contributed by atoms with Gasteiger partial charge in [-0.3, -0.25) is 4.79 Å². The number of esters is 1. The molecule has 148 valence electrons. The number of benzene rings is 2. The van der Waals surface area contributed by atoms with Crippen LogP contribution >= 0.6 is 11.3 Å². The summed E-state index contributed by atoms with van der Waals surface area (Å²) in [6.45, 7) is 1.59. The largest absolute Gasteiger partial charge is 0.465 e. The number of carbonyl (C=O) groups is 2. The lowest BCUT2D eigenvalue weighted by Crippen LogP contribution is -2.20. The summed E-state index contributed by atoms with van der Waals surface area (Å²) in [5.74, 6) is -1.33. The van der Waals surface area contributed by atoms with Gasteiger partial charge in [0.15, 0.2) is 0 Å². The van der Waals surface area contributed by atoms with E-state index in [1.807, 2.05) is 36.4 Å². The van der Waals surface area contributed by atoms with Gasteiger partial charge in [-0.1, -0.05) is 30.3 Å². The number of nitrogens with one attached hydrogen (secondary N) is 1. The highest BCUT2D eigenvalue weighted by molar-refractivity contribution is 7.18. The zero-order chi connectivity index (χ0) is 21.4. The number of fused-ring (bicyclic) bond motifs is 3. The van der Waals surface area contributed by atoms with Crippen LogP contribution in [0.3, 0.4) is 0 Å². The van der Waals surface area contributed by atoms with E-state index in [4.69, 9.17) is 9.15 Å². The quantitative estimate of drug-likeness (QED) is 0.303. The summed E-state index contributed by atoms with van der Waals surface area (Å²) < 4.78 is 10.1. The van der Waals surface area contributed by atoms with Gasteiger partial charge in [0.25, 0.3) is 5.91 Å². The van der Waals surface area contributed by atoms with Crippen molar-refractivity contribution in [2.24, 2.45) is 0 Å². The molecule has 0 bridgehead atoms. The highest BCUT2D eigenvalue weighted by Crippen LogP contribution is 2.33. The molecule has 4 aromatic rings. The summed E-state index contributed by atoms with van der Waals surface area (Å²) >= 11 is 0.917. The highest BCUT2D eigenvalue weighted by Gasteiger charge is 2.23. The number of carbonyl (C=O) groups excluding carboxylic acids is 2. The number of thiophene rings is 1. The molecule has 0 saturated carbocycles. The number of rotatable bonds is 3. The van der Waals surface area contributed by atoms with Crippen LogP contribution < -0.4 is 10.9 Å². The molecule has 0 aliphatic rings. The van der Waals surface area contributed by atoms with Crippen LogP contribution in [-0.2, 0) is 4.74 Å². The lowest BCUT2D eigenvalue weighted by molar-refractivity contribution is 0.0605. The molecule has 1 amide bonds. The van der Waals surface area contributed by atoms with Gasteiger partial charge in [0.2, 0.25) is 0 Å². The Labute approximate surface area is 174 Å². The molecule has 2 aromatic carbocycles. The van der Waals surface area contributed by atoms with Gasteiger partial charge in [0.1, 0.15) is 27.1 Å². The Kier molecular flexibility index (Phi) is 4.82. The molecule has 30 heavy (non-hydrogen) atoms. The molecule has 4 rings (SSSR count). The fourth-order valence-electron chi connectivity index (χ4n) is 3.22. The molecular formula is C22H14N2O5S. The van der Waals surface area contributed by atoms with E-state index in [1.54, 1.807) is 13.0 Å². The van der Waals surface area contributed by atoms with Gasteiger partial charge in [-0.05, 0) is 35.4 Å². The Balaban J connectivity index is 1.80. The van der Waals surface area contributed by atoms with Gasteiger partial charge in [-0.15, -0.1) is 11.3 Å². The molecule has 1 N–H and O–H groups in total. The molecule has 0 aliphatic heterocycles. The number of amides is 1. The van der Waals surface area contributed by atoms with E-state index < -0.39 is 17.5 Å². The Bertz CT molecular complexity index is 1440. The van der Waals surface area contributed by atoms with Crippen LogP contribution in [0.4, 0.5) is 5.00 Å². The Morgan fingerprint density at radius 1 is 1.17 bits per heavy atom. The zero-order valence-electron chi connectivity index (χ0n) is 15.9. The van der Waals surface area contributed by atoms with Crippen LogP contribution in [0.1, 0.15) is 31.2 Å². The van der Waals surface area contributed by atoms with Crippen molar-refractivity contribution >= 4 is 50.0 Å². The zero-order valence-corrected chi connectivity index (χ0v) is 16.8. The normalized spacial score (nSPS) is 10.7. The first-order valence-electron chi connectivity index (χ1n) is 8.83. The van der Waals surface area contributed by atoms with E-state index in [0.717, 1.165) is 22.1 Å². The summed E-state index contributed by atoms with van der Waals surface area (Å²) in [6, 6.07) is 14.5.